The number of carbonyl (C=O) groups excluding carboxylic acids is 3. The molecule has 0 fully saturated rings. The monoisotopic (exact) mass is 1130 g/mol. The van der Waals surface area contributed by atoms with Crippen molar-refractivity contribution >= 4 is 17.9 Å². The van der Waals surface area contributed by atoms with Gasteiger partial charge in [-0.25, -0.2) is 0 Å². The van der Waals surface area contributed by atoms with Crippen LogP contribution in [0.2, 0.25) is 0 Å². The van der Waals surface area contributed by atoms with Crippen LogP contribution in [0.3, 0.4) is 0 Å². The SMILES string of the molecule is CC/C=C\C/C=C\C/C=C\C/C=C\C/C=C\C/C=C\C/C=C\C/C=C\CCCCC(=O)OCC(COC(=O)CCCCC/C=C\C/C=C\C/C=C\C/C=C\C/C=C\CC)OC(=O)CC/C=C\C/C=C\C/C=C\C/C=C\C/C=C\C/C=C\CC. The summed E-state index contributed by atoms with van der Waals surface area (Å²) in [5, 5.41) is 0. The van der Waals surface area contributed by atoms with Gasteiger partial charge >= 0.3 is 17.9 Å². The minimum Gasteiger partial charge on any atom is -0.462 e. The second-order valence-electron chi connectivity index (χ2n) is 19.8. The summed E-state index contributed by atoms with van der Waals surface area (Å²) in [6.07, 6.45) is 108. The highest BCUT2D eigenvalue weighted by Gasteiger charge is 2.19. The molecule has 0 rings (SSSR count). The largest absolute Gasteiger partial charge is 0.462 e. The van der Waals surface area contributed by atoms with Crippen LogP contribution in [0.5, 0.6) is 0 Å². The van der Waals surface area contributed by atoms with Gasteiger partial charge in [0.25, 0.3) is 0 Å². The maximum absolute atomic E-state index is 12.9. The van der Waals surface area contributed by atoms with Crippen molar-refractivity contribution in [1.29, 1.82) is 0 Å². The van der Waals surface area contributed by atoms with E-state index in [1.807, 2.05) is 12.2 Å². The van der Waals surface area contributed by atoms with Crippen molar-refractivity contribution in [2.75, 3.05) is 13.2 Å². The van der Waals surface area contributed by atoms with E-state index in [4.69, 9.17) is 14.2 Å². The molecule has 0 aliphatic carbocycles. The zero-order valence-electron chi connectivity index (χ0n) is 52.1. The molecule has 83 heavy (non-hydrogen) atoms. The summed E-state index contributed by atoms with van der Waals surface area (Å²) in [5.41, 5.74) is 0. The lowest BCUT2D eigenvalue weighted by atomic mass is 10.1. The molecule has 0 heterocycles. The lowest BCUT2D eigenvalue weighted by Crippen LogP contribution is -2.30. The van der Waals surface area contributed by atoms with Gasteiger partial charge in [-0.2, -0.15) is 0 Å². The topological polar surface area (TPSA) is 78.9 Å². The average Bonchev–Trinajstić information content (AvgIpc) is 3.50. The van der Waals surface area contributed by atoms with Gasteiger partial charge in [0.05, 0.1) is 0 Å². The van der Waals surface area contributed by atoms with E-state index < -0.39 is 12.1 Å². The van der Waals surface area contributed by atoms with Crippen LogP contribution in [0.1, 0.15) is 213 Å². The van der Waals surface area contributed by atoms with Crippen LogP contribution in [0.15, 0.2) is 231 Å². The molecule has 0 bridgehead atoms. The molecule has 0 saturated carbocycles. The third kappa shape index (κ3) is 66.2. The molecule has 0 spiro atoms. The molecule has 1 unspecified atom stereocenters. The average molecular weight is 1130 g/mol. The fourth-order valence-corrected chi connectivity index (χ4v) is 7.51. The quantitative estimate of drug-likeness (QED) is 0.0261. The van der Waals surface area contributed by atoms with Crippen molar-refractivity contribution in [1.82, 2.24) is 0 Å². The fourth-order valence-electron chi connectivity index (χ4n) is 7.51. The molecule has 0 amide bonds. The summed E-state index contributed by atoms with van der Waals surface area (Å²) in [6.45, 7) is 6.14. The minimum absolute atomic E-state index is 0.154. The Hall–Kier alpha value is -6.53. The zero-order chi connectivity index (χ0) is 59.9. The Bertz CT molecular complexity index is 2130. The third-order valence-electron chi connectivity index (χ3n) is 12.2. The van der Waals surface area contributed by atoms with Crippen LogP contribution in [0.4, 0.5) is 0 Å². The molecule has 0 aromatic heterocycles. The lowest BCUT2D eigenvalue weighted by molar-refractivity contribution is -0.166. The molecule has 456 valence electrons. The Morgan fingerprint density at radius 3 is 0.723 bits per heavy atom. The van der Waals surface area contributed by atoms with Crippen molar-refractivity contribution in [3.63, 3.8) is 0 Å². The van der Waals surface area contributed by atoms with E-state index in [2.05, 4.69) is 240 Å². The van der Waals surface area contributed by atoms with Gasteiger partial charge in [0.1, 0.15) is 13.2 Å². The molecular formula is C77H112O6. The summed E-state index contributed by atoms with van der Waals surface area (Å²) in [6, 6.07) is 0. The van der Waals surface area contributed by atoms with Crippen molar-refractivity contribution < 1.29 is 28.6 Å². The number of esters is 3. The van der Waals surface area contributed by atoms with Crippen LogP contribution in [-0.4, -0.2) is 37.2 Å². The Balaban J connectivity index is 4.67. The first-order valence-electron chi connectivity index (χ1n) is 31.9. The van der Waals surface area contributed by atoms with Crippen LogP contribution in [0, 0.1) is 0 Å². The number of rotatable bonds is 54. The lowest BCUT2D eigenvalue weighted by Gasteiger charge is -2.18. The molecular weight excluding hydrogens is 1020 g/mol. The van der Waals surface area contributed by atoms with Crippen molar-refractivity contribution in [3.8, 4) is 0 Å². The Morgan fingerprint density at radius 1 is 0.241 bits per heavy atom. The standard InChI is InChI=1S/C77H112O6/c1-4-7-10-13-16-19-22-25-28-31-34-35-36-37-38-39-40-41-44-46-49-52-55-58-61-64-67-70-76(79)82-73-74(83-77(80)71-68-65-62-59-56-53-50-47-43-33-30-27-24-21-18-15-12-9-6-3)72-81-75(78)69-66-63-60-57-54-51-48-45-42-32-29-26-23-20-17-14-11-8-5-2/h7-12,16-21,25-30,34-35,37-38,40-43,45-47,49,51,53-56,58,62,65,74H,4-6,13-15,22-24,31-33,36,39,44,48,50,52,57,59-61,63-64,66-73H2,1-3H3/b10-7-,11-8-,12-9-,19-16-,20-17-,21-18-,28-25-,29-26-,30-27-,35-34-,38-37-,41-40-,45-42-,47-43-,49-46-,54-51-,56-53-,58-55-,65-62-. The second-order valence-corrected chi connectivity index (χ2v) is 19.8. The molecule has 0 aliphatic rings. The predicted octanol–water partition coefficient (Wildman–Crippen LogP) is 22.3. The Kier molecular flexibility index (Phi) is 62.6. The number of ether oxygens (including phenoxy) is 3. The van der Waals surface area contributed by atoms with Crippen molar-refractivity contribution in [2.24, 2.45) is 0 Å². The molecule has 0 radical (unpaired) electrons. The van der Waals surface area contributed by atoms with Gasteiger partial charge in [-0.1, -0.05) is 258 Å². The third-order valence-corrected chi connectivity index (χ3v) is 12.2. The highest BCUT2D eigenvalue weighted by atomic mass is 16.6. The molecule has 0 aromatic carbocycles. The van der Waals surface area contributed by atoms with Crippen LogP contribution >= 0.6 is 0 Å². The van der Waals surface area contributed by atoms with Gasteiger partial charge in [0.15, 0.2) is 6.10 Å². The Morgan fingerprint density at radius 2 is 0.458 bits per heavy atom. The zero-order valence-corrected chi connectivity index (χ0v) is 52.1. The highest BCUT2D eigenvalue weighted by molar-refractivity contribution is 5.71. The van der Waals surface area contributed by atoms with Crippen molar-refractivity contribution in [2.45, 2.75) is 219 Å². The number of hydrogen-bond acceptors (Lipinski definition) is 6. The van der Waals surface area contributed by atoms with Gasteiger partial charge in [-0.15, -0.1) is 0 Å². The van der Waals surface area contributed by atoms with E-state index in [0.29, 0.717) is 19.3 Å². The molecule has 0 aliphatic heterocycles. The molecule has 6 heteroatoms. The van der Waals surface area contributed by atoms with Gasteiger partial charge in [0.2, 0.25) is 0 Å². The highest BCUT2D eigenvalue weighted by Crippen LogP contribution is 2.10. The normalized spacial score (nSPS) is 13.7. The van der Waals surface area contributed by atoms with Crippen LogP contribution in [0.25, 0.3) is 0 Å². The summed E-state index contributed by atoms with van der Waals surface area (Å²) in [5.74, 6) is -1.13. The number of allylic oxidation sites excluding steroid dienone is 38. The first kappa shape index (κ1) is 76.5. The molecule has 0 N–H and O–H groups in total. The van der Waals surface area contributed by atoms with E-state index in [0.717, 1.165) is 154 Å². The minimum atomic E-state index is -0.869. The molecule has 0 aromatic rings. The first-order chi connectivity index (χ1) is 41.0. The van der Waals surface area contributed by atoms with Crippen LogP contribution < -0.4 is 0 Å². The van der Waals surface area contributed by atoms with Crippen LogP contribution in [-0.2, 0) is 28.6 Å². The van der Waals surface area contributed by atoms with E-state index in [-0.39, 0.29) is 44.4 Å². The van der Waals surface area contributed by atoms with Gasteiger partial charge in [-0.05, 0) is 167 Å². The second kappa shape index (κ2) is 68.0. The molecule has 6 nitrogen and oxygen atoms in total. The smallest absolute Gasteiger partial charge is 0.306 e. The van der Waals surface area contributed by atoms with E-state index in [1.54, 1.807) is 0 Å². The first-order valence-corrected chi connectivity index (χ1v) is 31.9. The fraction of sp³-hybridized carbons (Fsp3) is 0.468. The predicted molar refractivity (Wildman–Crippen MR) is 361 cm³/mol. The summed E-state index contributed by atoms with van der Waals surface area (Å²) in [7, 11) is 0. The van der Waals surface area contributed by atoms with E-state index >= 15 is 0 Å². The van der Waals surface area contributed by atoms with E-state index in [9.17, 15) is 14.4 Å². The number of unbranched alkanes of at least 4 members (excludes halogenated alkanes) is 5. The summed E-state index contributed by atoms with van der Waals surface area (Å²) >= 11 is 0. The van der Waals surface area contributed by atoms with E-state index in [1.165, 1.54) is 0 Å². The van der Waals surface area contributed by atoms with Crippen molar-refractivity contribution in [3.05, 3.63) is 231 Å². The molecule has 0 saturated heterocycles. The number of hydrogen-bond donors (Lipinski definition) is 0. The van der Waals surface area contributed by atoms with Gasteiger partial charge in [-0.3, -0.25) is 14.4 Å². The maximum atomic E-state index is 12.9. The van der Waals surface area contributed by atoms with Gasteiger partial charge < -0.3 is 14.2 Å². The summed E-state index contributed by atoms with van der Waals surface area (Å²) < 4.78 is 16.8. The van der Waals surface area contributed by atoms with Gasteiger partial charge in [0, 0.05) is 19.3 Å². The molecule has 1 atom stereocenters. The summed E-state index contributed by atoms with van der Waals surface area (Å²) in [4.78, 5) is 38.3. The maximum Gasteiger partial charge on any atom is 0.306 e. The Labute approximate surface area is 507 Å². The number of carbonyl (C=O) groups is 3.